The molecule has 0 fully saturated rings. The van der Waals surface area contributed by atoms with E-state index < -0.39 is 5.97 Å². The van der Waals surface area contributed by atoms with E-state index >= 15 is 0 Å². The topological polar surface area (TPSA) is 71.1 Å². The zero-order chi connectivity index (χ0) is 22.9. The van der Waals surface area contributed by atoms with Gasteiger partial charge in [-0.2, -0.15) is 0 Å². The van der Waals surface area contributed by atoms with Gasteiger partial charge in [0, 0.05) is 11.6 Å². The summed E-state index contributed by atoms with van der Waals surface area (Å²) in [5, 5.41) is 0. The predicted octanol–water partition coefficient (Wildman–Crippen LogP) is 5.24. The Labute approximate surface area is 190 Å². The number of hydrogen-bond acceptors (Lipinski definition) is 6. The van der Waals surface area contributed by atoms with Gasteiger partial charge in [-0.05, 0) is 67.1 Å². The number of fused-ring (bicyclic) bond motifs is 2. The van der Waals surface area contributed by atoms with Crippen LogP contribution in [0.25, 0.3) is 6.08 Å². The lowest BCUT2D eigenvalue weighted by molar-refractivity contribution is 0.0734. The number of carbonyl (C=O) groups excluding carboxylic acids is 2. The van der Waals surface area contributed by atoms with Gasteiger partial charge >= 0.3 is 5.97 Å². The number of methoxy groups -OCH3 is 1. The molecular weight excluding hydrogens is 420 g/mol. The van der Waals surface area contributed by atoms with E-state index in [0.29, 0.717) is 22.6 Å². The van der Waals surface area contributed by atoms with Gasteiger partial charge in [0.2, 0.25) is 5.78 Å². The molecule has 0 aromatic heterocycles. The summed E-state index contributed by atoms with van der Waals surface area (Å²) in [4.78, 5) is 25.3. The molecule has 0 bridgehead atoms. The Morgan fingerprint density at radius 3 is 2.52 bits per heavy atom. The lowest BCUT2D eigenvalue weighted by Gasteiger charge is -2.22. The third kappa shape index (κ3) is 3.99. The summed E-state index contributed by atoms with van der Waals surface area (Å²) in [6, 6.07) is 19.0. The Balaban J connectivity index is 1.36. The molecule has 0 radical (unpaired) electrons. The maximum Gasteiger partial charge on any atom is 0.343 e. The first-order chi connectivity index (χ1) is 16.0. The van der Waals surface area contributed by atoms with Crippen molar-refractivity contribution >= 4 is 17.8 Å². The molecule has 164 valence electrons. The highest BCUT2D eigenvalue weighted by Crippen LogP contribution is 2.36. The van der Waals surface area contributed by atoms with Crippen LogP contribution in [0, 0.1) is 0 Å². The molecule has 3 aromatic carbocycles. The molecule has 0 spiro atoms. The van der Waals surface area contributed by atoms with Gasteiger partial charge < -0.3 is 18.9 Å². The molecule has 6 nitrogen and oxygen atoms in total. The average molecular weight is 440 g/mol. The van der Waals surface area contributed by atoms with Gasteiger partial charge in [0.05, 0.1) is 18.2 Å². The molecule has 2 aliphatic rings. The first kappa shape index (κ1) is 20.6. The number of rotatable bonds is 4. The van der Waals surface area contributed by atoms with Crippen LogP contribution in [-0.4, -0.2) is 25.0 Å². The van der Waals surface area contributed by atoms with Crippen LogP contribution in [0.1, 0.15) is 33.2 Å². The van der Waals surface area contributed by atoms with Crippen molar-refractivity contribution in [1.82, 2.24) is 0 Å². The van der Waals surface area contributed by atoms with Gasteiger partial charge in [-0.15, -0.1) is 0 Å². The van der Waals surface area contributed by atoms with E-state index in [9.17, 15) is 9.59 Å². The minimum absolute atomic E-state index is 0.199. The monoisotopic (exact) mass is 440 g/mol. The average Bonchev–Trinajstić information content (AvgIpc) is 3.14. The molecular formula is C27H20O6. The summed E-state index contributed by atoms with van der Waals surface area (Å²) in [6.45, 7) is 1.92. The highest BCUT2D eigenvalue weighted by molar-refractivity contribution is 6.12. The van der Waals surface area contributed by atoms with Crippen LogP contribution in [0.3, 0.4) is 0 Å². The van der Waals surface area contributed by atoms with E-state index in [2.05, 4.69) is 0 Å². The number of para-hydroxylation sites is 1. The van der Waals surface area contributed by atoms with Crippen molar-refractivity contribution in [3.8, 4) is 23.0 Å². The largest absolute Gasteiger partial charge is 0.497 e. The van der Waals surface area contributed by atoms with Crippen molar-refractivity contribution in [2.75, 3.05) is 7.11 Å². The normalized spacial score (nSPS) is 17.4. The number of carbonyl (C=O) groups is 2. The molecule has 0 N–H and O–H groups in total. The number of ketones is 1. The first-order valence-electron chi connectivity index (χ1n) is 10.4. The highest BCUT2D eigenvalue weighted by atomic mass is 16.5. The fourth-order valence-electron chi connectivity index (χ4n) is 3.70. The van der Waals surface area contributed by atoms with Gasteiger partial charge in [0.15, 0.2) is 5.76 Å². The molecule has 0 unspecified atom stereocenters. The zero-order valence-corrected chi connectivity index (χ0v) is 18.0. The molecule has 0 saturated heterocycles. The van der Waals surface area contributed by atoms with Crippen LogP contribution in [0.4, 0.5) is 0 Å². The molecule has 0 saturated carbocycles. The van der Waals surface area contributed by atoms with Gasteiger partial charge in [-0.25, -0.2) is 4.79 Å². The first-order valence-corrected chi connectivity index (χ1v) is 10.4. The number of benzene rings is 3. The van der Waals surface area contributed by atoms with E-state index in [0.717, 1.165) is 16.9 Å². The zero-order valence-electron chi connectivity index (χ0n) is 18.0. The van der Waals surface area contributed by atoms with Crippen molar-refractivity contribution in [2.45, 2.75) is 13.0 Å². The quantitative estimate of drug-likeness (QED) is 0.314. The lowest BCUT2D eigenvalue weighted by Crippen LogP contribution is -2.18. The van der Waals surface area contributed by atoms with Crippen molar-refractivity contribution in [1.29, 1.82) is 0 Å². The van der Waals surface area contributed by atoms with Crippen LogP contribution < -0.4 is 18.9 Å². The van der Waals surface area contributed by atoms with E-state index in [1.54, 1.807) is 55.7 Å². The second-order valence-corrected chi connectivity index (χ2v) is 7.66. The third-order valence-corrected chi connectivity index (χ3v) is 5.49. The van der Waals surface area contributed by atoms with Gasteiger partial charge in [-0.3, -0.25) is 4.79 Å². The lowest BCUT2D eigenvalue weighted by atomic mass is 10.0. The highest BCUT2D eigenvalue weighted by Gasteiger charge is 2.29. The minimum Gasteiger partial charge on any atom is -0.497 e. The standard InChI is InChI=1S/C27H20O6/c1-16-19(13-18-5-3-4-6-23(18)31-16)14-25-26(28)22-12-11-21(15-24(22)33-25)32-27(29)17-7-9-20(30-2)10-8-17/h3-16H,1-2H3/t16-/m0/s1. The molecule has 3 aromatic rings. The third-order valence-electron chi connectivity index (χ3n) is 5.49. The molecule has 2 heterocycles. The second kappa shape index (κ2) is 8.31. The van der Waals surface area contributed by atoms with Crippen LogP contribution in [-0.2, 0) is 0 Å². The Hall–Kier alpha value is -4.32. The minimum atomic E-state index is -0.519. The Morgan fingerprint density at radius 2 is 1.73 bits per heavy atom. The van der Waals surface area contributed by atoms with Crippen LogP contribution in [0.15, 0.2) is 84.1 Å². The molecule has 1 atom stereocenters. The summed E-state index contributed by atoms with van der Waals surface area (Å²) in [6.07, 6.45) is 3.46. The van der Waals surface area contributed by atoms with Crippen molar-refractivity contribution < 1.29 is 28.5 Å². The maximum atomic E-state index is 12.9. The van der Waals surface area contributed by atoms with Crippen LogP contribution >= 0.6 is 0 Å². The number of ether oxygens (including phenoxy) is 4. The molecule has 6 heteroatoms. The Kier molecular flexibility index (Phi) is 5.18. The summed E-state index contributed by atoms with van der Waals surface area (Å²) >= 11 is 0. The number of esters is 1. The molecule has 2 aliphatic heterocycles. The van der Waals surface area contributed by atoms with E-state index in [1.807, 2.05) is 37.3 Å². The number of hydrogen-bond donors (Lipinski definition) is 0. The van der Waals surface area contributed by atoms with E-state index in [-0.39, 0.29) is 23.4 Å². The maximum absolute atomic E-state index is 12.9. The molecule has 33 heavy (non-hydrogen) atoms. The number of Topliss-reactive ketones (excluding diaryl/α,β-unsaturated/α-hetero) is 1. The van der Waals surface area contributed by atoms with Gasteiger partial charge in [0.1, 0.15) is 29.1 Å². The summed E-state index contributed by atoms with van der Waals surface area (Å²) in [5.74, 6) is 1.52. The van der Waals surface area contributed by atoms with E-state index in [1.165, 1.54) is 0 Å². The van der Waals surface area contributed by atoms with Crippen molar-refractivity contribution in [3.63, 3.8) is 0 Å². The molecule has 0 amide bonds. The molecule has 5 rings (SSSR count). The Morgan fingerprint density at radius 1 is 0.970 bits per heavy atom. The Bertz CT molecular complexity index is 1320. The summed E-state index contributed by atoms with van der Waals surface area (Å²) in [5.41, 5.74) is 2.57. The fourth-order valence-corrected chi connectivity index (χ4v) is 3.70. The summed E-state index contributed by atoms with van der Waals surface area (Å²) in [7, 11) is 1.55. The van der Waals surface area contributed by atoms with Crippen molar-refractivity contribution in [2.24, 2.45) is 0 Å². The molecule has 0 aliphatic carbocycles. The van der Waals surface area contributed by atoms with Crippen molar-refractivity contribution in [3.05, 3.63) is 101 Å². The predicted molar refractivity (Wildman–Crippen MR) is 122 cm³/mol. The smallest absolute Gasteiger partial charge is 0.343 e. The fraction of sp³-hybridized carbons (Fsp3) is 0.111. The number of allylic oxidation sites excluding steroid dienone is 1. The van der Waals surface area contributed by atoms with Gasteiger partial charge in [-0.1, -0.05) is 18.2 Å². The summed E-state index contributed by atoms with van der Waals surface area (Å²) < 4.78 is 22.3. The second-order valence-electron chi connectivity index (χ2n) is 7.66. The van der Waals surface area contributed by atoms with Crippen LogP contribution in [0.2, 0.25) is 0 Å². The van der Waals surface area contributed by atoms with Gasteiger partial charge in [0.25, 0.3) is 0 Å². The van der Waals surface area contributed by atoms with E-state index in [4.69, 9.17) is 18.9 Å². The van der Waals surface area contributed by atoms with Crippen LogP contribution in [0.5, 0.6) is 23.0 Å². The SMILES string of the molecule is COc1ccc(C(=O)Oc2ccc3c(c2)OC(=CC2=Cc4ccccc4O[C@H]2C)C3=O)cc1.